The van der Waals surface area contributed by atoms with Crippen LogP contribution in [0.5, 0.6) is 5.75 Å². The van der Waals surface area contributed by atoms with E-state index in [1.165, 1.54) is 6.92 Å². The Hall–Kier alpha value is -1.55. The van der Waals surface area contributed by atoms with Gasteiger partial charge in [-0.15, -0.1) is 0 Å². The van der Waals surface area contributed by atoms with Crippen molar-refractivity contribution < 1.29 is 14.6 Å². The first-order valence-corrected chi connectivity index (χ1v) is 5.70. The molecule has 1 aromatic rings. The van der Waals surface area contributed by atoms with Crippen LogP contribution in [-0.4, -0.2) is 23.2 Å². The second-order valence-electron chi connectivity index (χ2n) is 4.20. The minimum atomic E-state index is -0.974. The van der Waals surface area contributed by atoms with Gasteiger partial charge in [-0.1, -0.05) is 12.1 Å². The molecule has 94 valence electrons. The molecule has 2 N–H and O–H groups in total. The van der Waals surface area contributed by atoms with E-state index in [-0.39, 0.29) is 12.0 Å². The molecule has 0 spiro atoms. The van der Waals surface area contributed by atoms with Crippen LogP contribution in [0.25, 0.3) is 0 Å². The van der Waals surface area contributed by atoms with E-state index < -0.39 is 6.10 Å². The first-order valence-electron chi connectivity index (χ1n) is 5.70. The van der Waals surface area contributed by atoms with E-state index in [4.69, 9.17) is 9.84 Å². The predicted octanol–water partition coefficient (Wildman–Crippen LogP) is 1.47. The third-order valence-electron chi connectivity index (χ3n) is 2.14. The molecule has 4 heteroatoms. The number of rotatable bonds is 5. The second-order valence-corrected chi connectivity index (χ2v) is 4.20. The van der Waals surface area contributed by atoms with Crippen molar-refractivity contribution in [1.82, 2.24) is 5.32 Å². The highest BCUT2D eigenvalue weighted by atomic mass is 16.5. The zero-order valence-electron chi connectivity index (χ0n) is 10.4. The molecular formula is C13H19NO3. The lowest BCUT2D eigenvalue weighted by molar-refractivity contribution is -0.128. The zero-order valence-corrected chi connectivity index (χ0v) is 10.4. The maximum absolute atomic E-state index is 11.1. The second kappa shape index (κ2) is 6.25. The summed E-state index contributed by atoms with van der Waals surface area (Å²) in [5, 5.41) is 11.6. The minimum Gasteiger partial charge on any atom is -0.491 e. The molecule has 0 saturated heterocycles. The summed E-state index contributed by atoms with van der Waals surface area (Å²) in [7, 11) is 0. The topological polar surface area (TPSA) is 58.6 Å². The molecule has 0 aliphatic heterocycles. The Morgan fingerprint density at radius 2 is 1.88 bits per heavy atom. The van der Waals surface area contributed by atoms with Crippen molar-refractivity contribution in [2.24, 2.45) is 0 Å². The van der Waals surface area contributed by atoms with Gasteiger partial charge in [0.1, 0.15) is 11.9 Å². The quantitative estimate of drug-likeness (QED) is 0.815. The number of hydrogen-bond acceptors (Lipinski definition) is 3. The molecule has 0 heterocycles. The van der Waals surface area contributed by atoms with Crippen molar-refractivity contribution in [1.29, 1.82) is 0 Å². The number of aliphatic hydroxyl groups is 1. The number of benzene rings is 1. The van der Waals surface area contributed by atoms with Crippen LogP contribution in [0.2, 0.25) is 0 Å². The maximum atomic E-state index is 11.1. The Morgan fingerprint density at radius 1 is 1.29 bits per heavy atom. The number of aliphatic hydroxyl groups excluding tert-OH is 1. The molecule has 0 aromatic heterocycles. The molecule has 0 bridgehead atoms. The van der Waals surface area contributed by atoms with Gasteiger partial charge in [-0.2, -0.15) is 0 Å². The van der Waals surface area contributed by atoms with Crippen LogP contribution < -0.4 is 10.1 Å². The van der Waals surface area contributed by atoms with Crippen LogP contribution in [0.1, 0.15) is 26.3 Å². The van der Waals surface area contributed by atoms with E-state index in [9.17, 15) is 4.79 Å². The molecule has 1 aromatic carbocycles. The van der Waals surface area contributed by atoms with Gasteiger partial charge in [0.05, 0.1) is 6.10 Å². The molecule has 17 heavy (non-hydrogen) atoms. The molecule has 0 fully saturated rings. The van der Waals surface area contributed by atoms with Gasteiger partial charge in [-0.25, -0.2) is 0 Å². The number of ether oxygens (including phenoxy) is 1. The molecular weight excluding hydrogens is 218 g/mol. The highest BCUT2D eigenvalue weighted by Crippen LogP contribution is 2.13. The smallest absolute Gasteiger partial charge is 0.248 e. The lowest BCUT2D eigenvalue weighted by Crippen LogP contribution is -2.31. The lowest BCUT2D eigenvalue weighted by Gasteiger charge is -2.11. The van der Waals surface area contributed by atoms with Crippen molar-refractivity contribution in [3.05, 3.63) is 29.8 Å². The molecule has 1 unspecified atom stereocenters. The number of nitrogens with one attached hydrogen (secondary N) is 1. The van der Waals surface area contributed by atoms with Gasteiger partial charge < -0.3 is 15.2 Å². The Balaban J connectivity index is 2.48. The SMILES string of the molecule is CC(C)Oc1ccc(CNC(=O)C(C)O)cc1. The predicted molar refractivity (Wildman–Crippen MR) is 65.7 cm³/mol. The van der Waals surface area contributed by atoms with Gasteiger partial charge in [0.25, 0.3) is 0 Å². The van der Waals surface area contributed by atoms with E-state index >= 15 is 0 Å². The lowest BCUT2D eigenvalue weighted by atomic mass is 10.2. The highest BCUT2D eigenvalue weighted by Gasteiger charge is 2.07. The van der Waals surface area contributed by atoms with Gasteiger partial charge in [-0.3, -0.25) is 4.79 Å². The fourth-order valence-corrected chi connectivity index (χ4v) is 1.29. The van der Waals surface area contributed by atoms with E-state index in [1.54, 1.807) is 0 Å². The summed E-state index contributed by atoms with van der Waals surface area (Å²) in [6, 6.07) is 7.51. The standard InChI is InChI=1S/C13H19NO3/c1-9(2)17-12-6-4-11(5-7-12)8-14-13(16)10(3)15/h4-7,9-10,15H,8H2,1-3H3,(H,14,16). The number of hydrogen-bond donors (Lipinski definition) is 2. The summed E-state index contributed by atoms with van der Waals surface area (Å²) >= 11 is 0. The van der Waals surface area contributed by atoms with E-state index in [0.29, 0.717) is 6.54 Å². The van der Waals surface area contributed by atoms with Gasteiger partial charge in [-0.05, 0) is 38.5 Å². The van der Waals surface area contributed by atoms with Gasteiger partial charge >= 0.3 is 0 Å². The van der Waals surface area contributed by atoms with Crippen molar-refractivity contribution >= 4 is 5.91 Å². The number of carbonyl (C=O) groups excluding carboxylic acids is 1. The van der Waals surface area contributed by atoms with Crippen molar-refractivity contribution in [2.45, 2.75) is 39.5 Å². The Bertz CT molecular complexity index is 357. The van der Waals surface area contributed by atoms with E-state index in [2.05, 4.69) is 5.32 Å². The zero-order chi connectivity index (χ0) is 12.8. The van der Waals surface area contributed by atoms with Crippen LogP contribution in [-0.2, 0) is 11.3 Å². The minimum absolute atomic E-state index is 0.149. The van der Waals surface area contributed by atoms with Crippen LogP contribution in [0.15, 0.2) is 24.3 Å². The first-order chi connectivity index (χ1) is 7.99. The average Bonchev–Trinajstić information content (AvgIpc) is 2.26. The van der Waals surface area contributed by atoms with Crippen molar-refractivity contribution in [3.63, 3.8) is 0 Å². The Kier molecular flexibility index (Phi) is 4.97. The summed E-state index contributed by atoms with van der Waals surface area (Å²) in [4.78, 5) is 11.1. The number of carbonyl (C=O) groups is 1. The summed E-state index contributed by atoms with van der Waals surface area (Å²) in [5.74, 6) is 0.443. The molecule has 1 amide bonds. The molecule has 4 nitrogen and oxygen atoms in total. The molecule has 0 aliphatic carbocycles. The van der Waals surface area contributed by atoms with E-state index in [1.807, 2.05) is 38.1 Å². The highest BCUT2D eigenvalue weighted by molar-refractivity contribution is 5.79. The summed E-state index contributed by atoms with van der Waals surface area (Å²) in [6.07, 6.45) is -0.825. The van der Waals surface area contributed by atoms with Crippen LogP contribution in [0.3, 0.4) is 0 Å². The summed E-state index contributed by atoms with van der Waals surface area (Å²) in [5.41, 5.74) is 0.968. The van der Waals surface area contributed by atoms with Crippen LogP contribution in [0.4, 0.5) is 0 Å². The third kappa shape index (κ3) is 4.87. The van der Waals surface area contributed by atoms with Gasteiger partial charge in [0.15, 0.2) is 0 Å². The van der Waals surface area contributed by atoms with E-state index in [0.717, 1.165) is 11.3 Å². The third-order valence-corrected chi connectivity index (χ3v) is 2.14. The molecule has 1 atom stereocenters. The van der Waals surface area contributed by atoms with Gasteiger partial charge in [0.2, 0.25) is 5.91 Å². The monoisotopic (exact) mass is 237 g/mol. The summed E-state index contributed by atoms with van der Waals surface area (Å²) < 4.78 is 5.51. The molecule has 0 radical (unpaired) electrons. The Labute approximate surface area is 102 Å². The normalized spacial score (nSPS) is 12.3. The maximum Gasteiger partial charge on any atom is 0.248 e. The largest absolute Gasteiger partial charge is 0.491 e. The fraction of sp³-hybridized carbons (Fsp3) is 0.462. The van der Waals surface area contributed by atoms with Crippen molar-refractivity contribution in [3.8, 4) is 5.75 Å². The first kappa shape index (κ1) is 13.5. The fourth-order valence-electron chi connectivity index (χ4n) is 1.29. The molecule has 0 saturated carbocycles. The van der Waals surface area contributed by atoms with Crippen LogP contribution in [0, 0.1) is 0 Å². The Morgan fingerprint density at radius 3 is 2.35 bits per heavy atom. The van der Waals surface area contributed by atoms with Crippen molar-refractivity contribution in [2.75, 3.05) is 0 Å². The van der Waals surface area contributed by atoms with Gasteiger partial charge in [0, 0.05) is 6.54 Å². The molecule has 1 rings (SSSR count). The van der Waals surface area contributed by atoms with Crippen LogP contribution >= 0.6 is 0 Å². The average molecular weight is 237 g/mol. The summed E-state index contributed by atoms with van der Waals surface area (Å²) in [6.45, 7) is 5.79. The molecule has 0 aliphatic rings. The number of amides is 1.